The van der Waals surface area contributed by atoms with Crippen molar-refractivity contribution < 1.29 is 9.32 Å². The maximum atomic E-state index is 12.6. The number of rotatable bonds is 7. The molecule has 1 aliphatic rings. The van der Waals surface area contributed by atoms with E-state index in [1.54, 1.807) is 7.05 Å². The molecule has 1 aromatic carbocycles. The van der Waals surface area contributed by atoms with Gasteiger partial charge in [-0.15, -0.1) is 0 Å². The fourth-order valence-electron chi connectivity index (χ4n) is 3.56. The number of aliphatic imine (C=N–C) groups is 1. The van der Waals surface area contributed by atoms with Crippen LogP contribution in [0, 0.1) is 0 Å². The Kier molecular flexibility index (Phi) is 6.68. The van der Waals surface area contributed by atoms with Gasteiger partial charge < -0.3 is 20.1 Å². The lowest BCUT2D eigenvalue weighted by molar-refractivity contribution is -0.117. The largest absolute Gasteiger partial charge is 0.359 e. The van der Waals surface area contributed by atoms with Gasteiger partial charge in [0.2, 0.25) is 5.91 Å². The zero-order valence-corrected chi connectivity index (χ0v) is 16.9. The van der Waals surface area contributed by atoms with Gasteiger partial charge >= 0.3 is 0 Å². The summed E-state index contributed by atoms with van der Waals surface area (Å²) in [7, 11) is 1.68. The molecular formula is C21H29N5O2. The van der Waals surface area contributed by atoms with Crippen molar-refractivity contribution >= 4 is 17.6 Å². The molecule has 0 saturated carbocycles. The van der Waals surface area contributed by atoms with E-state index in [1.165, 1.54) is 5.56 Å². The van der Waals surface area contributed by atoms with Crippen molar-refractivity contribution in [3.8, 4) is 0 Å². The Morgan fingerprint density at radius 2 is 2.07 bits per heavy atom. The third kappa shape index (κ3) is 4.52. The van der Waals surface area contributed by atoms with Crippen molar-refractivity contribution in [3.63, 3.8) is 0 Å². The maximum absolute atomic E-state index is 12.6. The van der Waals surface area contributed by atoms with E-state index in [1.807, 2.05) is 29.2 Å². The van der Waals surface area contributed by atoms with Gasteiger partial charge in [0, 0.05) is 31.3 Å². The summed E-state index contributed by atoms with van der Waals surface area (Å²) in [6.45, 7) is 5.68. The number of nitrogens with zero attached hydrogens (tertiary/aromatic N) is 3. The van der Waals surface area contributed by atoms with Gasteiger partial charge in [0.25, 0.3) is 0 Å². The Morgan fingerprint density at radius 3 is 2.82 bits per heavy atom. The lowest BCUT2D eigenvalue weighted by atomic mass is 9.99. The number of benzene rings is 1. The number of hydrogen-bond donors (Lipinski definition) is 2. The first-order chi connectivity index (χ1) is 13.7. The van der Waals surface area contributed by atoms with Gasteiger partial charge in [-0.05, 0) is 30.9 Å². The van der Waals surface area contributed by atoms with E-state index in [-0.39, 0.29) is 12.5 Å². The second kappa shape index (κ2) is 9.39. The summed E-state index contributed by atoms with van der Waals surface area (Å²) in [5.74, 6) is 1.77. The van der Waals surface area contributed by atoms with Crippen molar-refractivity contribution in [1.82, 2.24) is 15.8 Å². The van der Waals surface area contributed by atoms with E-state index in [0.29, 0.717) is 18.4 Å². The fraction of sp³-hybridized carbons (Fsp3) is 0.476. The lowest BCUT2D eigenvalue weighted by Crippen LogP contribution is -2.44. The SMILES string of the molecule is CCC(CC)c1cc(CNC(=NC)NCC(=O)N2CCc3ccccc32)on1. The predicted octanol–water partition coefficient (Wildman–Crippen LogP) is 2.83. The Morgan fingerprint density at radius 1 is 1.29 bits per heavy atom. The summed E-state index contributed by atoms with van der Waals surface area (Å²) >= 11 is 0. The van der Waals surface area contributed by atoms with Gasteiger partial charge in [-0.2, -0.15) is 0 Å². The van der Waals surface area contributed by atoms with Crippen molar-refractivity contribution in [2.24, 2.45) is 4.99 Å². The summed E-state index contributed by atoms with van der Waals surface area (Å²) < 4.78 is 5.42. The average molecular weight is 383 g/mol. The van der Waals surface area contributed by atoms with E-state index in [4.69, 9.17) is 4.52 Å². The molecule has 0 bridgehead atoms. The second-order valence-corrected chi connectivity index (χ2v) is 6.93. The average Bonchev–Trinajstić information content (AvgIpc) is 3.36. The van der Waals surface area contributed by atoms with E-state index in [0.717, 1.165) is 42.9 Å². The van der Waals surface area contributed by atoms with Gasteiger partial charge in [-0.25, -0.2) is 0 Å². The topological polar surface area (TPSA) is 82.8 Å². The molecule has 2 N–H and O–H groups in total. The van der Waals surface area contributed by atoms with Crippen LogP contribution >= 0.6 is 0 Å². The molecule has 1 amide bonds. The van der Waals surface area contributed by atoms with Gasteiger partial charge in [0.15, 0.2) is 11.7 Å². The Hall–Kier alpha value is -2.83. The molecule has 0 spiro atoms. The highest BCUT2D eigenvalue weighted by molar-refractivity contribution is 5.98. The number of para-hydroxylation sites is 1. The summed E-state index contributed by atoms with van der Waals surface area (Å²) in [4.78, 5) is 18.6. The number of carbonyl (C=O) groups is 1. The first-order valence-electron chi connectivity index (χ1n) is 9.94. The molecule has 1 aliphatic heterocycles. The first-order valence-corrected chi connectivity index (χ1v) is 9.94. The molecule has 0 saturated heterocycles. The van der Waals surface area contributed by atoms with Crippen LogP contribution in [0.5, 0.6) is 0 Å². The second-order valence-electron chi connectivity index (χ2n) is 6.93. The summed E-state index contributed by atoms with van der Waals surface area (Å²) in [5.41, 5.74) is 3.22. The number of amides is 1. The summed E-state index contributed by atoms with van der Waals surface area (Å²) in [5, 5.41) is 10.4. The molecule has 0 fully saturated rings. The van der Waals surface area contributed by atoms with Crippen LogP contribution in [0.3, 0.4) is 0 Å². The van der Waals surface area contributed by atoms with Crippen LogP contribution in [-0.2, 0) is 17.8 Å². The highest BCUT2D eigenvalue weighted by atomic mass is 16.5. The van der Waals surface area contributed by atoms with Crippen LogP contribution in [0.4, 0.5) is 5.69 Å². The third-order valence-electron chi connectivity index (χ3n) is 5.23. The van der Waals surface area contributed by atoms with Gasteiger partial charge in [-0.3, -0.25) is 9.79 Å². The van der Waals surface area contributed by atoms with E-state index < -0.39 is 0 Å². The highest BCUT2D eigenvalue weighted by Crippen LogP contribution is 2.27. The minimum atomic E-state index is 0.0311. The standard InChI is InChI=1S/C21H29N5O2/c1-4-15(5-2)18-12-17(28-25-18)13-23-21(22-3)24-14-20(27)26-11-10-16-8-6-7-9-19(16)26/h6-9,12,15H,4-5,10-11,13-14H2,1-3H3,(H2,22,23,24). The highest BCUT2D eigenvalue weighted by Gasteiger charge is 2.23. The minimum Gasteiger partial charge on any atom is -0.359 e. The Labute approximate surface area is 166 Å². The van der Waals surface area contributed by atoms with Crippen LogP contribution in [0.25, 0.3) is 0 Å². The lowest BCUT2D eigenvalue weighted by Gasteiger charge is -2.18. The van der Waals surface area contributed by atoms with E-state index in [2.05, 4.69) is 40.7 Å². The van der Waals surface area contributed by atoms with Crippen LogP contribution in [0.15, 0.2) is 39.8 Å². The van der Waals surface area contributed by atoms with E-state index >= 15 is 0 Å². The fourth-order valence-corrected chi connectivity index (χ4v) is 3.56. The van der Waals surface area contributed by atoms with Crippen molar-refractivity contribution in [2.75, 3.05) is 25.0 Å². The molecule has 28 heavy (non-hydrogen) atoms. The number of anilines is 1. The van der Waals surface area contributed by atoms with Gasteiger partial charge in [-0.1, -0.05) is 37.2 Å². The van der Waals surface area contributed by atoms with E-state index in [9.17, 15) is 4.79 Å². The zero-order valence-electron chi connectivity index (χ0n) is 16.9. The number of nitrogens with one attached hydrogen (secondary N) is 2. The molecule has 7 heteroatoms. The summed E-state index contributed by atoms with van der Waals surface area (Å²) in [6.07, 6.45) is 2.99. The smallest absolute Gasteiger partial charge is 0.246 e. The number of hydrogen-bond acceptors (Lipinski definition) is 4. The van der Waals surface area contributed by atoms with Crippen LogP contribution < -0.4 is 15.5 Å². The maximum Gasteiger partial charge on any atom is 0.246 e. The quantitative estimate of drug-likeness (QED) is 0.567. The number of guanidine groups is 1. The third-order valence-corrected chi connectivity index (χ3v) is 5.23. The minimum absolute atomic E-state index is 0.0311. The van der Waals surface area contributed by atoms with Crippen LogP contribution in [-0.4, -0.2) is 37.2 Å². The van der Waals surface area contributed by atoms with Crippen molar-refractivity contribution in [2.45, 2.75) is 45.6 Å². The molecule has 0 unspecified atom stereocenters. The Balaban J connectivity index is 1.50. The monoisotopic (exact) mass is 383 g/mol. The van der Waals surface area contributed by atoms with Gasteiger partial charge in [0.05, 0.1) is 18.8 Å². The molecule has 2 heterocycles. The molecular weight excluding hydrogens is 354 g/mol. The Bertz CT molecular complexity index is 826. The number of aromatic nitrogens is 1. The van der Waals surface area contributed by atoms with Crippen LogP contribution in [0.2, 0.25) is 0 Å². The first kappa shape index (κ1) is 19.9. The van der Waals surface area contributed by atoms with Crippen molar-refractivity contribution in [3.05, 3.63) is 47.3 Å². The summed E-state index contributed by atoms with van der Waals surface area (Å²) in [6, 6.07) is 10.0. The molecule has 2 aromatic rings. The number of carbonyl (C=O) groups excluding carboxylic acids is 1. The number of fused-ring (bicyclic) bond motifs is 1. The molecule has 0 atom stereocenters. The van der Waals surface area contributed by atoms with Gasteiger partial charge in [0.1, 0.15) is 0 Å². The normalized spacial score (nSPS) is 13.7. The molecule has 0 aliphatic carbocycles. The zero-order chi connectivity index (χ0) is 19.9. The molecule has 7 nitrogen and oxygen atoms in total. The molecule has 0 radical (unpaired) electrons. The molecule has 3 rings (SSSR count). The molecule has 1 aromatic heterocycles. The van der Waals surface area contributed by atoms with Crippen molar-refractivity contribution in [1.29, 1.82) is 0 Å². The predicted molar refractivity (Wildman–Crippen MR) is 111 cm³/mol. The molecule has 150 valence electrons. The van der Waals surface area contributed by atoms with Crippen LogP contribution in [0.1, 0.15) is 49.6 Å².